The van der Waals surface area contributed by atoms with Gasteiger partial charge in [0.05, 0.1) is 17.7 Å². The van der Waals surface area contributed by atoms with Gasteiger partial charge in [-0.15, -0.1) is 35.3 Å². The molecule has 19 heavy (non-hydrogen) atoms. The first-order valence-corrected chi connectivity index (χ1v) is 7.07. The predicted molar refractivity (Wildman–Crippen MR) is 91.6 cm³/mol. The van der Waals surface area contributed by atoms with Gasteiger partial charge in [-0.05, 0) is 20.3 Å². The summed E-state index contributed by atoms with van der Waals surface area (Å²) in [6.45, 7) is 7.21. The second-order valence-electron chi connectivity index (χ2n) is 3.76. The van der Waals surface area contributed by atoms with Crippen molar-refractivity contribution < 1.29 is 4.74 Å². The van der Waals surface area contributed by atoms with Crippen molar-refractivity contribution in [1.82, 2.24) is 15.6 Å². The molecule has 0 amide bonds. The molecule has 0 bridgehead atoms. The first kappa shape index (κ1) is 18.6. The predicted octanol–water partition coefficient (Wildman–Crippen LogP) is 2.16. The second kappa shape index (κ2) is 11.4. The maximum atomic E-state index is 5.28. The number of nitrogens with one attached hydrogen (secondary N) is 2. The minimum atomic E-state index is 0. The van der Waals surface area contributed by atoms with Crippen LogP contribution in [-0.4, -0.2) is 37.7 Å². The standard InChI is InChI=1S/C12H22N4OS.HI/c1-4-17-7-5-6-14-12(13-3)15-8-11-10(2)16-9-18-11;/h9H,4-8H2,1-3H3,(H2,13,14,15);1H. The number of aryl methyl sites for hydroxylation is 1. The van der Waals surface area contributed by atoms with E-state index in [-0.39, 0.29) is 24.0 Å². The van der Waals surface area contributed by atoms with Gasteiger partial charge >= 0.3 is 0 Å². The van der Waals surface area contributed by atoms with E-state index < -0.39 is 0 Å². The van der Waals surface area contributed by atoms with E-state index in [1.807, 2.05) is 19.4 Å². The summed E-state index contributed by atoms with van der Waals surface area (Å²) in [6.07, 6.45) is 0.980. The third-order valence-corrected chi connectivity index (χ3v) is 3.38. The fourth-order valence-corrected chi connectivity index (χ4v) is 2.12. The highest BCUT2D eigenvalue weighted by Crippen LogP contribution is 2.10. The molecule has 5 nitrogen and oxygen atoms in total. The Balaban J connectivity index is 0.00000324. The van der Waals surface area contributed by atoms with Gasteiger partial charge in [0.1, 0.15) is 0 Å². The van der Waals surface area contributed by atoms with Crippen LogP contribution in [0.3, 0.4) is 0 Å². The molecule has 0 aliphatic carbocycles. The van der Waals surface area contributed by atoms with Crippen molar-refractivity contribution in [3.63, 3.8) is 0 Å². The highest BCUT2D eigenvalue weighted by atomic mass is 127. The lowest BCUT2D eigenvalue weighted by atomic mass is 10.4. The van der Waals surface area contributed by atoms with Crippen LogP contribution >= 0.6 is 35.3 Å². The molecule has 7 heteroatoms. The van der Waals surface area contributed by atoms with Gasteiger partial charge in [0.25, 0.3) is 0 Å². The van der Waals surface area contributed by atoms with Crippen LogP contribution in [0.15, 0.2) is 10.5 Å². The summed E-state index contributed by atoms with van der Waals surface area (Å²) in [5.74, 6) is 0.819. The van der Waals surface area contributed by atoms with Crippen LogP contribution < -0.4 is 10.6 Å². The molecule has 0 radical (unpaired) electrons. The first-order valence-electron chi connectivity index (χ1n) is 6.19. The number of hydrogen-bond acceptors (Lipinski definition) is 4. The zero-order chi connectivity index (χ0) is 13.2. The van der Waals surface area contributed by atoms with Crippen molar-refractivity contribution in [3.8, 4) is 0 Å². The Morgan fingerprint density at radius 2 is 2.26 bits per heavy atom. The number of nitrogens with zero attached hydrogens (tertiary/aromatic N) is 2. The third-order valence-electron chi connectivity index (χ3n) is 2.45. The molecule has 0 spiro atoms. The van der Waals surface area contributed by atoms with E-state index in [2.05, 4.69) is 20.6 Å². The van der Waals surface area contributed by atoms with Crippen LogP contribution in [0.25, 0.3) is 0 Å². The lowest BCUT2D eigenvalue weighted by molar-refractivity contribution is 0.145. The minimum Gasteiger partial charge on any atom is -0.382 e. The number of aromatic nitrogens is 1. The lowest BCUT2D eigenvalue weighted by Crippen LogP contribution is -2.37. The van der Waals surface area contributed by atoms with Crippen LogP contribution in [0.5, 0.6) is 0 Å². The molecule has 0 aromatic carbocycles. The Hall–Kier alpha value is -0.410. The summed E-state index contributed by atoms with van der Waals surface area (Å²) < 4.78 is 5.28. The topological polar surface area (TPSA) is 58.5 Å². The number of halogens is 1. The summed E-state index contributed by atoms with van der Waals surface area (Å²) in [5, 5.41) is 6.53. The highest BCUT2D eigenvalue weighted by molar-refractivity contribution is 14.0. The van der Waals surface area contributed by atoms with Crippen molar-refractivity contribution in [2.45, 2.75) is 26.8 Å². The molecular formula is C12H23IN4OS. The number of thiazole rings is 1. The zero-order valence-electron chi connectivity index (χ0n) is 11.7. The zero-order valence-corrected chi connectivity index (χ0v) is 14.9. The average molecular weight is 398 g/mol. The lowest BCUT2D eigenvalue weighted by Gasteiger charge is -2.11. The average Bonchev–Trinajstić information content (AvgIpc) is 2.78. The van der Waals surface area contributed by atoms with Gasteiger partial charge < -0.3 is 15.4 Å². The quantitative estimate of drug-likeness (QED) is 0.320. The number of ether oxygens (including phenoxy) is 1. The Labute approximate surface area is 136 Å². The van der Waals surface area contributed by atoms with E-state index in [0.717, 1.165) is 44.4 Å². The van der Waals surface area contributed by atoms with Crippen LogP contribution in [0, 0.1) is 6.92 Å². The summed E-state index contributed by atoms with van der Waals surface area (Å²) in [6, 6.07) is 0. The number of aliphatic imine (C=N–C) groups is 1. The monoisotopic (exact) mass is 398 g/mol. The molecule has 1 heterocycles. The number of rotatable bonds is 7. The largest absolute Gasteiger partial charge is 0.382 e. The fourth-order valence-electron chi connectivity index (χ4n) is 1.41. The van der Waals surface area contributed by atoms with Gasteiger partial charge in [-0.2, -0.15) is 0 Å². The smallest absolute Gasteiger partial charge is 0.191 e. The number of guanidine groups is 1. The van der Waals surface area contributed by atoms with Crippen molar-refractivity contribution in [2.24, 2.45) is 4.99 Å². The molecule has 1 aromatic heterocycles. The Bertz CT molecular complexity index is 370. The van der Waals surface area contributed by atoms with Crippen molar-refractivity contribution in [3.05, 3.63) is 16.1 Å². The molecule has 0 saturated heterocycles. The van der Waals surface area contributed by atoms with E-state index >= 15 is 0 Å². The summed E-state index contributed by atoms with van der Waals surface area (Å²) >= 11 is 1.66. The summed E-state index contributed by atoms with van der Waals surface area (Å²) in [7, 11) is 1.78. The van der Waals surface area contributed by atoms with Crippen molar-refractivity contribution >= 4 is 41.3 Å². The Kier molecular flexibility index (Phi) is 11.2. The van der Waals surface area contributed by atoms with E-state index in [9.17, 15) is 0 Å². The van der Waals surface area contributed by atoms with Gasteiger partial charge in [-0.3, -0.25) is 4.99 Å². The molecule has 0 atom stereocenters. The molecule has 1 rings (SSSR count). The van der Waals surface area contributed by atoms with Crippen LogP contribution in [0.2, 0.25) is 0 Å². The van der Waals surface area contributed by atoms with E-state index in [4.69, 9.17) is 4.74 Å². The molecular weight excluding hydrogens is 375 g/mol. The Morgan fingerprint density at radius 3 is 2.84 bits per heavy atom. The van der Waals surface area contributed by atoms with E-state index in [1.54, 1.807) is 18.4 Å². The van der Waals surface area contributed by atoms with Crippen LogP contribution in [-0.2, 0) is 11.3 Å². The first-order chi connectivity index (χ1) is 8.77. The fraction of sp³-hybridized carbons (Fsp3) is 0.667. The van der Waals surface area contributed by atoms with Gasteiger partial charge in [-0.25, -0.2) is 4.98 Å². The maximum absolute atomic E-state index is 5.28. The molecule has 1 aromatic rings. The van der Waals surface area contributed by atoms with Crippen LogP contribution in [0.1, 0.15) is 23.9 Å². The molecule has 0 saturated carbocycles. The summed E-state index contributed by atoms with van der Waals surface area (Å²) in [5.41, 5.74) is 2.95. The highest BCUT2D eigenvalue weighted by Gasteiger charge is 2.02. The molecule has 0 aliphatic rings. The third kappa shape index (κ3) is 7.68. The van der Waals surface area contributed by atoms with E-state index in [1.165, 1.54) is 4.88 Å². The summed E-state index contributed by atoms with van der Waals surface area (Å²) in [4.78, 5) is 9.63. The van der Waals surface area contributed by atoms with Crippen LogP contribution in [0.4, 0.5) is 0 Å². The van der Waals surface area contributed by atoms with Gasteiger partial charge in [0, 0.05) is 31.7 Å². The van der Waals surface area contributed by atoms with Gasteiger partial charge in [-0.1, -0.05) is 0 Å². The maximum Gasteiger partial charge on any atom is 0.191 e. The number of hydrogen-bond donors (Lipinski definition) is 2. The van der Waals surface area contributed by atoms with Crippen molar-refractivity contribution in [2.75, 3.05) is 26.8 Å². The molecule has 0 unspecified atom stereocenters. The molecule has 0 aliphatic heterocycles. The molecule has 2 N–H and O–H groups in total. The Morgan fingerprint density at radius 1 is 1.47 bits per heavy atom. The second-order valence-corrected chi connectivity index (χ2v) is 4.70. The molecule has 110 valence electrons. The minimum absolute atomic E-state index is 0. The molecule has 0 fully saturated rings. The van der Waals surface area contributed by atoms with E-state index in [0.29, 0.717) is 0 Å². The van der Waals surface area contributed by atoms with Gasteiger partial charge in [0.2, 0.25) is 0 Å². The normalized spacial score (nSPS) is 11.0. The SMILES string of the molecule is CCOCCCNC(=NC)NCc1scnc1C.I. The van der Waals surface area contributed by atoms with Crippen molar-refractivity contribution in [1.29, 1.82) is 0 Å². The van der Waals surface area contributed by atoms with Gasteiger partial charge in [0.15, 0.2) is 5.96 Å².